The van der Waals surface area contributed by atoms with Gasteiger partial charge in [-0.1, -0.05) is 140 Å². The molecule has 0 atom stereocenters. The van der Waals surface area contributed by atoms with Crippen LogP contribution in [0.15, 0.2) is 176 Å². The zero-order valence-corrected chi connectivity index (χ0v) is 25.6. The van der Waals surface area contributed by atoms with Gasteiger partial charge in [-0.05, 0) is 58.3 Å². The standard InChI is InChI=1S/C44H29N3/c1-2-10-30(11-3-1)32-18-21-33(22-19-32)40-29-41(46-44(45-40)36-23-20-31-12-4-5-13-35(31)28-36)34-24-26-37(27-25-34)47-42-16-8-6-14-38(42)39-15-7-9-17-43(39)47/h1-29H. The second-order valence-electron chi connectivity index (χ2n) is 11.9. The minimum Gasteiger partial charge on any atom is -0.309 e. The van der Waals surface area contributed by atoms with E-state index in [2.05, 4.69) is 174 Å². The molecule has 7 aromatic carbocycles. The molecule has 0 N–H and O–H groups in total. The molecule has 0 aliphatic heterocycles. The third kappa shape index (κ3) is 4.86. The van der Waals surface area contributed by atoms with Crippen LogP contribution in [-0.2, 0) is 0 Å². The predicted octanol–water partition coefficient (Wildman–Crippen LogP) is 11.4. The quantitative estimate of drug-likeness (QED) is 0.197. The van der Waals surface area contributed by atoms with E-state index in [1.807, 2.05) is 6.07 Å². The SMILES string of the molecule is c1ccc(-c2ccc(-c3cc(-c4ccc(-n5c6ccccc6c6ccccc65)cc4)nc(-c4ccc5ccccc5c4)n3)cc2)cc1. The van der Waals surface area contributed by atoms with Gasteiger partial charge < -0.3 is 4.57 Å². The Labute approximate surface area is 273 Å². The van der Waals surface area contributed by atoms with E-state index in [1.165, 1.54) is 43.7 Å². The van der Waals surface area contributed by atoms with Gasteiger partial charge in [0.1, 0.15) is 0 Å². The van der Waals surface area contributed by atoms with Crippen molar-refractivity contribution in [3.8, 4) is 50.7 Å². The Hall–Kier alpha value is -6.32. The highest BCUT2D eigenvalue weighted by atomic mass is 15.0. The third-order valence-electron chi connectivity index (χ3n) is 9.02. The van der Waals surface area contributed by atoms with Crippen molar-refractivity contribution >= 4 is 32.6 Å². The lowest BCUT2D eigenvalue weighted by Crippen LogP contribution is -1.97. The summed E-state index contributed by atoms with van der Waals surface area (Å²) in [6.45, 7) is 0. The number of para-hydroxylation sites is 2. The number of nitrogens with zero attached hydrogens (tertiary/aromatic N) is 3. The first-order chi connectivity index (χ1) is 23.3. The highest BCUT2D eigenvalue weighted by Gasteiger charge is 2.14. The summed E-state index contributed by atoms with van der Waals surface area (Å²) in [6, 6.07) is 62.0. The number of hydrogen-bond acceptors (Lipinski definition) is 2. The molecule has 2 aromatic heterocycles. The fourth-order valence-corrected chi connectivity index (χ4v) is 6.65. The van der Waals surface area contributed by atoms with Gasteiger partial charge in [-0.25, -0.2) is 9.97 Å². The average molecular weight is 600 g/mol. The molecule has 0 saturated carbocycles. The van der Waals surface area contributed by atoms with E-state index in [0.717, 1.165) is 33.8 Å². The van der Waals surface area contributed by atoms with Crippen LogP contribution in [-0.4, -0.2) is 14.5 Å². The molecule has 0 fully saturated rings. The van der Waals surface area contributed by atoms with Crippen LogP contribution in [0, 0.1) is 0 Å². The summed E-state index contributed by atoms with van der Waals surface area (Å²) in [7, 11) is 0. The lowest BCUT2D eigenvalue weighted by Gasteiger charge is -2.12. The molecule has 0 amide bonds. The Morgan fingerprint density at radius 2 is 0.830 bits per heavy atom. The van der Waals surface area contributed by atoms with E-state index in [0.29, 0.717) is 5.82 Å². The van der Waals surface area contributed by atoms with E-state index in [4.69, 9.17) is 9.97 Å². The first-order valence-corrected chi connectivity index (χ1v) is 15.9. The first-order valence-electron chi connectivity index (χ1n) is 15.9. The van der Waals surface area contributed by atoms with Crippen molar-refractivity contribution in [2.24, 2.45) is 0 Å². The van der Waals surface area contributed by atoms with Crippen molar-refractivity contribution in [1.82, 2.24) is 14.5 Å². The minimum absolute atomic E-state index is 0.710. The van der Waals surface area contributed by atoms with Crippen LogP contribution in [0.1, 0.15) is 0 Å². The van der Waals surface area contributed by atoms with Crippen molar-refractivity contribution in [3.63, 3.8) is 0 Å². The van der Waals surface area contributed by atoms with Gasteiger partial charge in [0, 0.05) is 33.2 Å². The van der Waals surface area contributed by atoms with E-state index in [-0.39, 0.29) is 0 Å². The normalized spacial score (nSPS) is 11.4. The van der Waals surface area contributed by atoms with Crippen molar-refractivity contribution in [2.45, 2.75) is 0 Å². The summed E-state index contributed by atoms with van der Waals surface area (Å²) >= 11 is 0. The molecule has 0 aliphatic carbocycles. The second-order valence-corrected chi connectivity index (χ2v) is 11.9. The first kappa shape index (κ1) is 27.0. The van der Waals surface area contributed by atoms with Gasteiger partial charge in [-0.3, -0.25) is 0 Å². The number of aromatic nitrogens is 3. The van der Waals surface area contributed by atoms with Crippen LogP contribution in [0.25, 0.3) is 83.3 Å². The van der Waals surface area contributed by atoms with Gasteiger partial charge in [-0.15, -0.1) is 0 Å². The number of benzene rings is 7. The molecule has 0 spiro atoms. The summed E-state index contributed by atoms with van der Waals surface area (Å²) in [6.07, 6.45) is 0. The summed E-state index contributed by atoms with van der Waals surface area (Å²) in [4.78, 5) is 10.3. The van der Waals surface area contributed by atoms with Gasteiger partial charge in [0.05, 0.1) is 22.4 Å². The van der Waals surface area contributed by atoms with E-state index < -0.39 is 0 Å². The maximum atomic E-state index is 5.15. The van der Waals surface area contributed by atoms with Crippen molar-refractivity contribution in [3.05, 3.63) is 176 Å². The molecule has 9 aromatic rings. The molecule has 0 unspecified atom stereocenters. The molecule has 47 heavy (non-hydrogen) atoms. The Kier molecular flexibility index (Phi) is 6.46. The van der Waals surface area contributed by atoms with Gasteiger partial charge in [0.2, 0.25) is 0 Å². The molecule has 0 aliphatic rings. The molecule has 0 bridgehead atoms. The molecule has 2 heterocycles. The highest BCUT2D eigenvalue weighted by molar-refractivity contribution is 6.09. The molecular formula is C44H29N3. The van der Waals surface area contributed by atoms with Crippen molar-refractivity contribution < 1.29 is 0 Å². The predicted molar refractivity (Wildman–Crippen MR) is 196 cm³/mol. The van der Waals surface area contributed by atoms with Gasteiger partial charge in [-0.2, -0.15) is 0 Å². The summed E-state index contributed by atoms with van der Waals surface area (Å²) in [5.74, 6) is 0.710. The van der Waals surface area contributed by atoms with Gasteiger partial charge >= 0.3 is 0 Å². The summed E-state index contributed by atoms with van der Waals surface area (Å²) < 4.78 is 2.34. The number of fused-ring (bicyclic) bond motifs is 4. The van der Waals surface area contributed by atoms with Crippen LogP contribution in [0.5, 0.6) is 0 Å². The lowest BCUT2D eigenvalue weighted by molar-refractivity contribution is 1.17. The molecule has 9 rings (SSSR count). The van der Waals surface area contributed by atoms with E-state index >= 15 is 0 Å². The Morgan fingerprint density at radius 3 is 1.49 bits per heavy atom. The summed E-state index contributed by atoms with van der Waals surface area (Å²) in [5.41, 5.74) is 10.8. The topological polar surface area (TPSA) is 30.7 Å². The second kappa shape index (κ2) is 11.2. The van der Waals surface area contributed by atoms with Crippen LogP contribution < -0.4 is 0 Å². The van der Waals surface area contributed by atoms with Crippen LogP contribution in [0.4, 0.5) is 0 Å². The number of hydrogen-bond donors (Lipinski definition) is 0. The zero-order chi connectivity index (χ0) is 31.2. The van der Waals surface area contributed by atoms with Gasteiger partial charge in [0.25, 0.3) is 0 Å². The fraction of sp³-hybridized carbons (Fsp3) is 0. The highest BCUT2D eigenvalue weighted by Crippen LogP contribution is 2.34. The van der Waals surface area contributed by atoms with Crippen LogP contribution >= 0.6 is 0 Å². The summed E-state index contributed by atoms with van der Waals surface area (Å²) in [5, 5.41) is 4.88. The van der Waals surface area contributed by atoms with Crippen molar-refractivity contribution in [2.75, 3.05) is 0 Å². The van der Waals surface area contributed by atoms with Crippen LogP contribution in [0.2, 0.25) is 0 Å². The van der Waals surface area contributed by atoms with E-state index in [1.54, 1.807) is 0 Å². The molecule has 220 valence electrons. The Morgan fingerprint density at radius 1 is 0.340 bits per heavy atom. The van der Waals surface area contributed by atoms with Crippen molar-refractivity contribution in [1.29, 1.82) is 0 Å². The fourth-order valence-electron chi connectivity index (χ4n) is 6.65. The largest absolute Gasteiger partial charge is 0.309 e. The minimum atomic E-state index is 0.710. The lowest BCUT2D eigenvalue weighted by atomic mass is 10.0. The van der Waals surface area contributed by atoms with E-state index in [9.17, 15) is 0 Å². The third-order valence-corrected chi connectivity index (χ3v) is 9.02. The Bertz CT molecular complexity index is 2490. The number of rotatable bonds is 5. The smallest absolute Gasteiger partial charge is 0.160 e. The van der Waals surface area contributed by atoms with Crippen LogP contribution in [0.3, 0.4) is 0 Å². The molecular weight excluding hydrogens is 571 g/mol. The molecule has 3 heteroatoms. The molecule has 3 nitrogen and oxygen atoms in total. The average Bonchev–Trinajstić information content (AvgIpc) is 3.49. The maximum absolute atomic E-state index is 5.15. The monoisotopic (exact) mass is 599 g/mol. The molecule has 0 radical (unpaired) electrons. The molecule has 0 saturated heterocycles. The Balaban J connectivity index is 1.16. The maximum Gasteiger partial charge on any atom is 0.160 e. The van der Waals surface area contributed by atoms with Gasteiger partial charge in [0.15, 0.2) is 5.82 Å². The zero-order valence-electron chi connectivity index (χ0n) is 25.6.